The smallest absolute Gasteiger partial charge is 0.329 e. The van der Waals surface area contributed by atoms with Crippen LogP contribution in [0.5, 0.6) is 0 Å². The second-order valence-corrected chi connectivity index (χ2v) is 4.67. The van der Waals surface area contributed by atoms with Crippen LogP contribution in [0.4, 0.5) is 4.79 Å². The molecule has 0 radical (unpaired) electrons. The minimum absolute atomic E-state index is 0.325. The van der Waals surface area contributed by atoms with Crippen molar-refractivity contribution >= 4 is 12.0 Å². The second kappa shape index (κ2) is 6.26. The fourth-order valence-electron chi connectivity index (χ4n) is 1.75. The van der Waals surface area contributed by atoms with Gasteiger partial charge >= 0.3 is 12.0 Å². The van der Waals surface area contributed by atoms with Gasteiger partial charge in [-0.05, 0) is 32.9 Å². The Kier molecular flexibility index (Phi) is 4.97. The monoisotopic (exact) mass is 268 g/mol. The quantitative estimate of drug-likeness (QED) is 0.823. The van der Waals surface area contributed by atoms with E-state index < -0.39 is 11.5 Å². The van der Waals surface area contributed by atoms with Crippen molar-refractivity contribution < 1.29 is 19.1 Å². The Balaban J connectivity index is 2.52. The summed E-state index contributed by atoms with van der Waals surface area (Å²) >= 11 is 0. The molecule has 0 saturated heterocycles. The molecule has 6 nitrogen and oxygen atoms in total. The lowest BCUT2D eigenvalue weighted by molar-refractivity contribution is -0.147. The maximum atomic E-state index is 12.0. The van der Waals surface area contributed by atoms with Gasteiger partial charge in [0.25, 0.3) is 0 Å². The van der Waals surface area contributed by atoms with Crippen LogP contribution in [0.15, 0.2) is 22.8 Å². The fraction of sp³-hybridized carbons (Fsp3) is 0.538. The first-order chi connectivity index (χ1) is 8.89. The van der Waals surface area contributed by atoms with Gasteiger partial charge in [0.2, 0.25) is 0 Å². The molecule has 0 saturated carbocycles. The van der Waals surface area contributed by atoms with Crippen molar-refractivity contribution in [1.29, 1.82) is 0 Å². The number of urea groups is 1. The highest BCUT2D eigenvalue weighted by Gasteiger charge is 2.36. The lowest BCUT2D eigenvalue weighted by atomic mass is 10.0. The first-order valence-corrected chi connectivity index (χ1v) is 6.20. The highest BCUT2D eigenvalue weighted by Crippen LogP contribution is 2.14. The number of furan rings is 1. The van der Waals surface area contributed by atoms with Crippen molar-refractivity contribution in [3.63, 3.8) is 0 Å². The predicted molar refractivity (Wildman–Crippen MR) is 69.9 cm³/mol. The van der Waals surface area contributed by atoms with Crippen molar-refractivity contribution in [3.8, 4) is 0 Å². The predicted octanol–water partition coefficient (Wildman–Crippen LogP) is 1.72. The largest absolute Gasteiger partial charge is 0.480 e. The number of carbonyl (C=O) groups is 2. The molecule has 1 heterocycles. The van der Waals surface area contributed by atoms with E-state index in [9.17, 15) is 9.59 Å². The van der Waals surface area contributed by atoms with Gasteiger partial charge in [-0.15, -0.1) is 0 Å². The van der Waals surface area contributed by atoms with Crippen LogP contribution in [-0.2, 0) is 11.2 Å². The average molecular weight is 268 g/mol. The lowest BCUT2D eigenvalue weighted by Crippen LogP contribution is -2.56. The Morgan fingerprint density at radius 3 is 2.63 bits per heavy atom. The average Bonchev–Trinajstić information content (AvgIpc) is 2.82. The third-order valence-corrected chi connectivity index (χ3v) is 2.99. The van der Waals surface area contributed by atoms with Crippen molar-refractivity contribution in [1.82, 2.24) is 10.2 Å². The van der Waals surface area contributed by atoms with Crippen LogP contribution < -0.4 is 5.32 Å². The molecule has 0 spiro atoms. The minimum Gasteiger partial charge on any atom is -0.480 e. The maximum absolute atomic E-state index is 12.0. The molecule has 2 N–H and O–H groups in total. The molecular weight excluding hydrogens is 248 g/mol. The van der Waals surface area contributed by atoms with Gasteiger partial charge in [0.05, 0.1) is 6.26 Å². The third kappa shape index (κ3) is 3.74. The Morgan fingerprint density at radius 2 is 2.16 bits per heavy atom. The van der Waals surface area contributed by atoms with E-state index in [1.165, 1.54) is 18.7 Å². The van der Waals surface area contributed by atoms with E-state index in [4.69, 9.17) is 9.52 Å². The second-order valence-electron chi connectivity index (χ2n) is 4.67. The Labute approximate surface area is 112 Å². The molecule has 0 bridgehead atoms. The van der Waals surface area contributed by atoms with Gasteiger partial charge in [0.15, 0.2) is 0 Å². The Bertz CT molecular complexity index is 426. The highest BCUT2D eigenvalue weighted by molar-refractivity contribution is 5.85. The topological polar surface area (TPSA) is 82.8 Å². The molecule has 0 atom stereocenters. The van der Waals surface area contributed by atoms with Crippen molar-refractivity contribution in [2.75, 3.05) is 13.1 Å². The van der Waals surface area contributed by atoms with E-state index in [1.807, 2.05) is 6.07 Å². The van der Waals surface area contributed by atoms with E-state index in [1.54, 1.807) is 19.3 Å². The number of hydrogen-bond donors (Lipinski definition) is 2. The number of carbonyl (C=O) groups excluding carboxylic acids is 1. The lowest BCUT2D eigenvalue weighted by Gasteiger charge is -2.34. The molecule has 0 aliphatic rings. The zero-order chi connectivity index (χ0) is 14.5. The van der Waals surface area contributed by atoms with Crippen molar-refractivity contribution in [2.24, 2.45) is 0 Å². The standard InChI is InChI=1S/C13H20N2O4/c1-4-15(13(2,3)11(16)17)12(18)14-8-7-10-6-5-9-19-10/h5-6,9H,4,7-8H2,1-3H3,(H,14,18)(H,16,17). The number of nitrogens with zero attached hydrogens (tertiary/aromatic N) is 1. The molecule has 0 unspecified atom stereocenters. The molecule has 6 heteroatoms. The number of nitrogens with one attached hydrogen (secondary N) is 1. The number of carboxylic acid groups (broad SMARTS) is 1. The van der Waals surface area contributed by atoms with E-state index in [2.05, 4.69) is 5.32 Å². The molecule has 19 heavy (non-hydrogen) atoms. The highest BCUT2D eigenvalue weighted by atomic mass is 16.4. The summed E-state index contributed by atoms with van der Waals surface area (Å²) in [5.74, 6) is -0.253. The van der Waals surface area contributed by atoms with Crippen LogP contribution in [0, 0.1) is 0 Å². The normalized spacial score (nSPS) is 11.1. The maximum Gasteiger partial charge on any atom is 0.329 e. The number of carboxylic acids is 1. The number of rotatable bonds is 6. The summed E-state index contributed by atoms with van der Waals surface area (Å²) in [6.45, 7) is 5.48. The fourth-order valence-corrected chi connectivity index (χ4v) is 1.75. The summed E-state index contributed by atoms with van der Waals surface area (Å²) < 4.78 is 5.15. The molecule has 1 rings (SSSR count). The zero-order valence-corrected chi connectivity index (χ0v) is 11.5. The molecule has 0 aromatic carbocycles. The first-order valence-electron chi connectivity index (χ1n) is 6.20. The SMILES string of the molecule is CCN(C(=O)NCCc1ccco1)C(C)(C)C(=O)O. The van der Waals surface area contributed by atoms with Gasteiger partial charge in [-0.2, -0.15) is 0 Å². The first kappa shape index (κ1) is 15.1. The third-order valence-electron chi connectivity index (χ3n) is 2.99. The summed E-state index contributed by atoms with van der Waals surface area (Å²) in [5.41, 5.74) is -1.23. The van der Waals surface area contributed by atoms with Crippen LogP contribution in [-0.4, -0.2) is 40.6 Å². The van der Waals surface area contributed by atoms with Crippen molar-refractivity contribution in [3.05, 3.63) is 24.2 Å². The van der Waals surface area contributed by atoms with E-state index >= 15 is 0 Å². The number of amides is 2. The van der Waals surface area contributed by atoms with Gasteiger partial charge in [-0.25, -0.2) is 9.59 Å². The van der Waals surface area contributed by atoms with Crippen molar-refractivity contribution in [2.45, 2.75) is 32.7 Å². The van der Waals surface area contributed by atoms with Gasteiger partial charge in [-0.1, -0.05) is 0 Å². The summed E-state index contributed by atoms with van der Waals surface area (Å²) in [6, 6.07) is 3.22. The van der Waals surface area contributed by atoms with E-state index in [0.717, 1.165) is 5.76 Å². The number of aliphatic carboxylic acids is 1. The van der Waals surface area contributed by atoms with Gasteiger partial charge in [0.1, 0.15) is 11.3 Å². The molecule has 106 valence electrons. The minimum atomic E-state index is -1.23. The summed E-state index contributed by atoms with van der Waals surface area (Å²) in [5, 5.41) is 11.8. The van der Waals surface area contributed by atoms with Gasteiger partial charge < -0.3 is 19.7 Å². The zero-order valence-electron chi connectivity index (χ0n) is 11.5. The Morgan fingerprint density at radius 1 is 1.47 bits per heavy atom. The van der Waals surface area contributed by atoms with Crippen LogP contribution in [0.2, 0.25) is 0 Å². The van der Waals surface area contributed by atoms with Crippen LogP contribution in [0.1, 0.15) is 26.5 Å². The molecule has 1 aromatic rings. The van der Waals surface area contributed by atoms with Crippen LogP contribution >= 0.6 is 0 Å². The summed E-state index contributed by atoms with van der Waals surface area (Å²) in [6.07, 6.45) is 2.15. The molecule has 0 fully saturated rings. The summed E-state index contributed by atoms with van der Waals surface area (Å²) in [7, 11) is 0. The number of likely N-dealkylation sites (N-methyl/N-ethyl adjacent to an activating group) is 1. The van der Waals surface area contributed by atoms with E-state index in [-0.39, 0.29) is 6.03 Å². The molecule has 0 aliphatic carbocycles. The van der Waals surface area contributed by atoms with Crippen LogP contribution in [0.25, 0.3) is 0 Å². The van der Waals surface area contributed by atoms with Gasteiger partial charge in [0, 0.05) is 19.5 Å². The Hall–Kier alpha value is -1.98. The number of hydrogen-bond acceptors (Lipinski definition) is 3. The van der Waals surface area contributed by atoms with Gasteiger partial charge in [-0.3, -0.25) is 0 Å². The molecule has 1 aromatic heterocycles. The summed E-state index contributed by atoms with van der Waals surface area (Å²) in [4.78, 5) is 24.4. The van der Waals surface area contributed by atoms with E-state index in [0.29, 0.717) is 19.5 Å². The molecular formula is C13H20N2O4. The molecule has 2 amide bonds. The molecule has 0 aliphatic heterocycles. The van der Waals surface area contributed by atoms with Crippen LogP contribution in [0.3, 0.4) is 0 Å².